The summed E-state index contributed by atoms with van der Waals surface area (Å²) in [6, 6.07) is 15.3. The maximum atomic E-state index is 6.63. The Morgan fingerprint density at radius 1 is 1.18 bits per heavy atom. The lowest BCUT2D eigenvalue weighted by atomic mass is 9.82. The molecule has 216 valence electrons. The van der Waals surface area contributed by atoms with Crippen LogP contribution < -0.4 is 25.0 Å². The van der Waals surface area contributed by atoms with Crippen LogP contribution in [0.15, 0.2) is 42.5 Å². The fourth-order valence-electron chi connectivity index (χ4n) is 5.70. The van der Waals surface area contributed by atoms with Crippen molar-refractivity contribution in [2.24, 2.45) is 0 Å². The molecule has 0 spiro atoms. The number of rotatable bonds is 13. The van der Waals surface area contributed by atoms with Crippen molar-refractivity contribution in [3.8, 4) is 11.5 Å². The highest BCUT2D eigenvalue weighted by Gasteiger charge is 2.33. The number of fused-ring (bicyclic) bond motifs is 1. The zero-order chi connectivity index (χ0) is 27.7. The highest BCUT2D eigenvalue weighted by atomic mass is 16.5. The lowest BCUT2D eigenvalue weighted by Gasteiger charge is -2.38. The molecule has 3 heterocycles. The van der Waals surface area contributed by atoms with Crippen LogP contribution in [0.3, 0.4) is 0 Å². The molecule has 1 saturated heterocycles. The van der Waals surface area contributed by atoms with E-state index in [4.69, 9.17) is 18.9 Å². The van der Waals surface area contributed by atoms with Crippen molar-refractivity contribution in [3.63, 3.8) is 0 Å². The third-order valence-electron chi connectivity index (χ3n) is 7.72. The molecule has 0 saturated carbocycles. The molecule has 2 aromatic carbocycles. The SMILES string of the molecule is COCCCN1CCOc2ccc(CO[C@H]3CN[C@@H](C[C@H](C)Nc4nn[nH]n4)C[C@@H]3c3ccc(OC)cc3)cc21. The van der Waals surface area contributed by atoms with Crippen LogP contribution in [-0.4, -0.2) is 85.9 Å². The first-order valence-corrected chi connectivity index (χ1v) is 14.1. The van der Waals surface area contributed by atoms with Crippen LogP contribution >= 0.6 is 0 Å². The summed E-state index contributed by atoms with van der Waals surface area (Å²) in [5.41, 5.74) is 3.55. The molecule has 0 radical (unpaired) electrons. The summed E-state index contributed by atoms with van der Waals surface area (Å²) in [7, 11) is 3.44. The lowest BCUT2D eigenvalue weighted by molar-refractivity contribution is 0.00201. The van der Waals surface area contributed by atoms with Gasteiger partial charge in [0.1, 0.15) is 18.1 Å². The molecule has 4 atom stereocenters. The number of hydrogen-bond acceptors (Lipinski definition) is 10. The summed E-state index contributed by atoms with van der Waals surface area (Å²) in [5, 5.41) is 21.2. The van der Waals surface area contributed by atoms with E-state index >= 15 is 0 Å². The summed E-state index contributed by atoms with van der Waals surface area (Å²) in [4.78, 5) is 2.39. The van der Waals surface area contributed by atoms with Crippen LogP contribution in [-0.2, 0) is 16.1 Å². The molecular weight excluding hydrogens is 510 g/mol. The van der Waals surface area contributed by atoms with E-state index < -0.39 is 0 Å². The van der Waals surface area contributed by atoms with Gasteiger partial charge in [0.15, 0.2) is 0 Å². The Labute approximate surface area is 235 Å². The quantitative estimate of drug-likeness (QED) is 0.273. The fraction of sp³-hybridized carbons (Fsp3) is 0.552. The van der Waals surface area contributed by atoms with Gasteiger partial charge in [-0.05, 0) is 66.8 Å². The monoisotopic (exact) mass is 551 g/mol. The topological polar surface area (TPSA) is 119 Å². The number of anilines is 2. The van der Waals surface area contributed by atoms with Gasteiger partial charge in [-0.15, -0.1) is 5.10 Å². The Bertz CT molecular complexity index is 1180. The molecule has 11 nitrogen and oxygen atoms in total. The molecule has 0 amide bonds. The predicted octanol–water partition coefficient (Wildman–Crippen LogP) is 3.37. The van der Waals surface area contributed by atoms with Crippen molar-refractivity contribution < 1.29 is 18.9 Å². The van der Waals surface area contributed by atoms with Crippen molar-refractivity contribution in [1.29, 1.82) is 0 Å². The molecule has 5 rings (SSSR count). The maximum absolute atomic E-state index is 6.63. The summed E-state index contributed by atoms with van der Waals surface area (Å²) >= 11 is 0. The average Bonchev–Trinajstić information content (AvgIpc) is 3.49. The largest absolute Gasteiger partial charge is 0.497 e. The summed E-state index contributed by atoms with van der Waals surface area (Å²) in [5.74, 6) is 2.56. The van der Waals surface area contributed by atoms with Crippen LogP contribution in [0, 0.1) is 0 Å². The number of piperidine rings is 1. The molecule has 3 aromatic rings. The third-order valence-corrected chi connectivity index (χ3v) is 7.72. The van der Waals surface area contributed by atoms with Gasteiger partial charge in [-0.1, -0.05) is 23.3 Å². The second-order valence-electron chi connectivity index (χ2n) is 10.6. The minimum atomic E-state index is 0.0372. The van der Waals surface area contributed by atoms with Gasteiger partial charge in [0, 0.05) is 44.8 Å². The Morgan fingerprint density at radius 3 is 2.83 bits per heavy atom. The molecule has 0 aliphatic carbocycles. The zero-order valence-corrected chi connectivity index (χ0v) is 23.6. The first-order chi connectivity index (χ1) is 19.6. The van der Waals surface area contributed by atoms with Gasteiger partial charge >= 0.3 is 0 Å². The first kappa shape index (κ1) is 28.1. The van der Waals surface area contributed by atoms with Crippen molar-refractivity contribution in [2.75, 3.05) is 57.3 Å². The number of hydrogen-bond donors (Lipinski definition) is 3. The van der Waals surface area contributed by atoms with Crippen molar-refractivity contribution in [3.05, 3.63) is 53.6 Å². The molecule has 11 heteroatoms. The van der Waals surface area contributed by atoms with Gasteiger partial charge in [-0.3, -0.25) is 0 Å². The summed E-state index contributed by atoms with van der Waals surface area (Å²) < 4.78 is 23.2. The van der Waals surface area contributed by atoms with Crippen LogP contribution in [0.2, 0.25) is 0 Å². The van der Waals surface area contributed by atoms with Crippen molar-refractivity contribution in [1.82, 2.24) is 25.9 Å². The second-order valence-corrected chi connectivity index (χ2v) is 10.6. The molecule has 1 aromatic heterocycles. The van der Waals surface area contributed by atoms with E-state index in [-0.39, 0.29) is 18.1 Å². The molecule has 3 N–H and O–H groups in total. The number of tetrazole rings is 1. The maximum Gasteiger partial charge on any atom is 0.263 e. The van der Waals surface area contributed by atoms with Crippen LogP contribution in [0.1, 0.15) is 43.2 Å². The van der Waals surface area contributed by atoms with Crippen LogP contribution in [0.4, 0.5) is 11.6 Å². The minimum Gasteiger partial charge on any atom is -0.497 e. The van der Waals surface area contributed by atoms with E-state index in [1.54, 1.807) is 14.2 Å². The first-order valence-electron chi connectivity index (χ1n) is 14.1. The number of methoxy groups -OCH3 is 2. The van der Waals surface area contributed by atoms with E-state index in [2.05, 4.69) is 73.4 Å². The number of H-pyrrole nitrogens is 1. The summed E-state index contributed by atoms with van der Waals surface area (Å²) in [6.07, 6.45) is 2.91. The molecule has 40 heavy (non-hydrogen) atoms. The van der Waals surface area contributed by atoms with Gasteiger partial charge in [-0.2, -0.15) is 5.21 Å². The molecule has 1 fully saturated rings. The third kappa shape index (κ3) is 7.21. The number of aromatic nitrogens is 4. The van der Waals surface area contributed by atoms with Crippen molar-refractivity contribution in [2.45, 2.75) is 56.9 Å². The molecule has 0 bridgehead atoms. The van der Waals surface area contributed by atoms with E-state index in [0.29, 0.717) is 25.2 Å². The molecule has 2 aliphatic rings. The Morgan fingerprint density at radius 2 is 2.05 bits per heavy atom. The van der Waals surface area contributed by atoms with Crippen molar-refractivity contribution >= 4 is 11.6 Å². The number of nitrogens with one attached hydrogen (secondary N) is 3. The normalized spacial score (nSPS) is 21.4. The highest BCUT2D eigenvalue weighted by Crippen LogP contribution is 2.35. The zero-order valence-electron chi connectivity index (χ0n) is 23.6. The number of ether oxygens (including phenoxy) is 4. The van der Waals surface area contributed by atoms with Gasteiger partial charge in [0.2, 0.25) is 0 Å². The van der Waals surface area contributed by atoms with Crippen LogP contribution in [0.5, 0.6) is 11.5 Å². The minimum absolute atomic E-state index is 0.0372. The molecule has 2 aliphatic heterocycles. The van der Waals surface area contributed by atoms with Gasteiger partial charge in [0.05, 0.1) is 32.1 Å². The number of benzene rings is 2. The lowest BCUT2D eigenvalue weighted by Crippen LogP contribution is -2.48. The van der Waals surface area contributed by atoms with Crippen LogP contribution in [0.25, 0.3) is 0 Å². The number of nitrogens with zero attached hydrogens (tertiary/aromatic N) is 4. The summed E-state index contributed by atoms with van der Waals surface area (Å²) in [6.45, 7) is 6.74. The number of aromatic amines is 1. The predicted molar refractivity (Wildman–Crippen MR) is 153 cm³/mol. The van der Waals surface area contributed by atoms with E-state index in [1.165, 1.54) is 5.56 Å². The second kappa shape index (κ2) is 13.8. The highest BCUT2D eigenvalue weighted by molar-refractivity contribution is 5.61. The van der Waals surface area contributed by atoms with Gasteiger partial charge in [0.25, 0.3) is 5.95 Å². The average molecular weight is 552 g/mol. The van der Waals surface area contributed by atoms with Gasteiger partial charge < -0.3 is 34.5 Å². The van der Waals surface area contributed by atoms with Gasteiger partial charge in [-0.25, -0.2) is 0 Å². The fourth-order valence-corrected chi connectivity index (χ4v) is 5.70. The van der Waals surface area contributed by atoms with E-state index in [1.807, 2.05) is 12.1 Å². The molecular formula is C29H41N7O4. The molecule has 0 unspecified atom stereocenters. The Kier molecular flexibility index (Phi) is 9.69. The Balaban J connectivity index is 1.25. The van der Waals surface area contributed by atoms with E-state index in [9.17, 15) is 0 Å². The van der Waals surface area contributed by atoms with E-state index in [0.717, 1.165) is 68.3 Å². The Hall–Kier alpha value is -3.41. The smallest absolute Gasteiger partial charge is 0.263 e. The standard InChI is InChI=1S/C29H41N7O4/c1-20(31-29-32-34-35-33-29)15-23-17-25(22-6-8-24(38-3)9-7-22)28(18-30-23)40-19-21-5-10-27-26(16-21)36(12-14-39-27)11-4-13-37-2/h5-10,16,20,23,25,28,30H,4,11-15,17-19H2,1-3H3,(H2,31,32,33,34,35)/t20-,23-,25+,28-/m0/s1.